The van der Waals surface area contributed by atoms with Crippen molar-refractivity contribution in [2.75, 3.05) is 11.9 Å². The number of nitrogens with one attached hydrogen (secondary N) is 3. The van der Waals surface area contributed by atoms with Crippen LogP contribution in [0, 0.1) is 13.8 Å². The summed E-state index contributed by atoms with van der Waals surface area (Å²) in [6, 6.07) is 11.0. The number of amides is 2. The summed E-state index contributed by atoms with van der Waals surface area (Å²) in [7, 11) is 0. The van der Waals surface area contributed by atoms with E-state index in [-0.39, 0.29) is 18.4 Å². The van der Waals surface area contributed by atoms with Crippen LogP contribution in [-0.2, 0) is 4.79 Å². The summed E-state index contributed by atoms with van der Waals surface area (Å²) in [5.41, 5.74) is 4.14. The Bertz CT molecular complexity index is 894. The Labute approximate surface area is 139 Å². The van der Waals surface area contributed by atoms with Gasteiger partial charge >= 0.3 is 0 Å². The molecule has 2 amide bonds. The molecule has 0 aliphatic carbocycles. The predicted octanol–water partition coefficient (Wildman–Crippen LogP) is 2.55. The average Bonchev–Trinajstić information content (AvgIpc) is 2.99. The van der Waals surface area contributed by atoms with Crippen LogP contribution in [0.15, 0.2) is 42.6 Å². The maximum atomic E-state index is 12.1. The third kappa shape index (κ3) is 3.60. The van der Waals surface area contributed by atoms with Gasteiger partial charge in [0.15, 0.2) is 0 Å². The van der Waals surface area contributed by atoms with Gasteiger partial charge in [0.25, 0.3) is 5.91 Å². The fourth-order valence-corrected chi connectivity index (χ4v) is 2.59. The lowest BCUT2D eigenvalue weighted by atomic mass is 10.1. The molecule has 6 heteroatoms. The van der Waals surface area contributed by atoms with Gasteiger partial charge in [0.1, 0.15) is 0 Å². The second-order valence-electron chi connectivity index (χ2n) is 5.78. The number of rotatable bonds is 4. The number of carbonyl (C=O) groups is 2. The van der Waals surface area contributed by atoms with Crippen molar-refractivity contribution in [3.8, 4) is 0 Å². The minimum Gasteiger partial charge on any atom is -0.343 e. The van der Waals surface area contributed by atoms with E-state index in [9.17, 15) is 9.59 Å². The van der Waals surface area contributed by atoms with Crippen LogP contribution in [0.5, 0.6) is 0 Å². The fourth-order valence-electron chi connectivity index (χ4n) is 2.59. The molecule has 0 aliphatic heterocycles. The molecule has 122 valence electrons. The number of aromatic amines is 1. The zero-order valence-electron chi connectivity index (χ0n) is 13.5. The number of aromatic nitrogens is 2. The van der Waals surface area contributed by atoms with E-state index >= 15 is 0 Å². The third-order valence-electron chi connectivity index (χ3n) is 3.62. The van der Waals surface area contributed by atoms with E-state index in [4.69, 9.17) is 0 Å². The van der Waals surface area contributed by atoms with Gasteiger partial charge in [-0.05, 0) is 44.2 Å². The molecule has 0 fully saturated rings. The molecule has 0 radical (unpaired) electrons. The molecular weight excluding hydrogens is 304 g/mol. The molecule has 3 rings (SSSR count). The first-order chi connectivity index (χ1) is 11.5. The summed E-state index contributed by atoms with van der Waals surface area (Å²) < 4.78 is 0. The summed E-state index contributed by atoms with van der Waals surface area (Å²) in [6.07, 6.45) is 1.69. The third-order valence-corrected chi connectivity index (χ3v) is 3.62. The minimum absolute atomic E-state index is 0.0880. The second kappa shape index (κ2) is 6.54. The molecule has 1 aromatic heterocycles. The minimum atomic E-state index is -0.282. The number of nitrogens with zero attached hydrogens (tertiary/aromatic N) is 1. The topological polar surface area (TPSA) is 86.9 Å². The molecule has 2 aromatic carbocycles. The first-order valence-corrected chi connectivity index (χ1v) is 7.61. The molecule has 1 heterocycles. The predicted molar refractivity (Wildman–Crippen MR) is 93.0 cm³/mol. The first-order valence-electron chi connectivity index (χ1n) is 7.61. The largest absolute Gasteiger partial charge is 0.343 e. The highest BCUT2D eigenvalue weighted by atomic mass is 16.2. The van der Waals surface area contributed by atoms with E-state index in [2.05, 4.69) is 20.8 Å². The van der Waals surface area contributed by atoms with E-state index in [1.54, 1.807) is 24.4 Å². The highest BCUT2D eigenvalue weighted by Gasteiger charge is 2.09. The van der Waals surface area contributed by atoms with Crippen molar-refractivity contribution in [3.05, 3.63) is 59.3 Å². The van der Waals surface area contributed by atoms with Gasteiger partial charge in [-0.25, -0.2) is 0 Å². The van der Waals surface area contributed by atoms with Crippen molar-refractivity contribution in [3.63, 3.8) is 0 Å². The summed E-state index contributed by atoms with van der Waals surface area (Å²) in [4.78, 5) is 24.1. The van der Waals surface area contributed by atoms with Crippen molar-refractivity contribution in [1.82, 2.24) is 15.5 Å². The first kappa shape index (κ1) is 15.7. The number of anilines is 1. The van der Waals surface area contributed by atoms with Gasteiger partial charge < -0.3 is 10.6 Å². The maximum Gasteiger partial charge on any atom is 0.251 e. The van der Waals surface area contributed by atoms with Gasteiger partial charge in [0.2, 0.25) is 5.91 Å². The van der Waals surface area contributed by atoms with Crippen molar-refractivity contribution in [2.24, 2.45) is 0 Å². The van der Waals surface area contributed by atoms with Crippen LogP contribution in [0.3, 0.4) is 0 Å². The molecule has 0 atom stereocenters. The van der Waals surface area contributed by atoms with Crippen LogP contribution in [0.2, 0.25) is 0 Å². The zero-order chi connectivity index (χ0) is 17.1. The Hall–Kier alpha value is -3.15. The Morgan fingerprint density at radius 1 is 1.08 bits per heavy atom. The van der Waals surface area contributed by atoms with Crippen LogP contribution in [-0.4, -0.2) is 28.6 Å². The van der Waals surface area contributed by atoms with Gasteiger partial charge in [-0.3, -0.25) is 14.7 Å². The standard InChI is InChI=1S/C18H18N4O2/c1-11-5-12(2)7-13(6-11)18(24)19-10-17(23)21-15-3-4-16-14(8-15)9-20-22-16/h3-9H,10H2,1-2H3,(H,19,24)(H,20,22)(H,21,23). The number of aryl methyl sites for hydroxylation is 2. The van der Waals surface area contributed by atoms with Crippen LogP contribution in [0.25, 0.3) is 10.9 Å². The van der Waals surface area contributed by atoms with Gasteiger partial charge in [-0.15, -0.1) is 0 Å². The van der Waals surface area contributed by atoms with Crippen LogP contribution >= 0.6 is 0 Å². The van der Waals surface area contributed by atoms with Crippen LogP contribution < -0.4 is 10.6 Å². The Morgan fingerprint density at radius 3 is 2.58 bits per heavy atom. The molecular formula is C18H18N4O2. The van der Waals surface area contributed by atoms with Crippen LogP contribution in [0.1, 0.15) is 21.5 Å². The molecule has 0 saturated heterocycles. The van der Waals surface area contributed by atoms with E-state index < -0.39 is 0 Å². The Morgan fingerprint density at radius 2 is 1.83 bits per heavy atom. The molecule has 0 bridgehead atoms. The quantitative estimate of drug-likeness (QED) is 0.690. The highest BCUT2D eigenvalue weighted by molar-refractivity contribution is 6.00. The van der Waals surface area contributed by atoms with E-state index in [1.807, 2.05) is 32.0 Å². The van der Waals surface area contributed by atoms with Crippen molar-refractivity contribution in [2.45, 2.75) is 13.8 Å². The molecule has 3 aromatic rings. The number of hydrogen-bond acceptors (Lipinski definition) is 3. The van der Waals surface area contributed by atoms with Gasteiger partial charge in [-0.2, -0.15) is 5.10 Å². The van der Waals surface area contributed by atoms with Crippen molar-refractivity contribution < 1.29 is 9.59 Å². The molecule has 6 nitrogen and oxygen atoms in total. The Balaban J connectivity index is 1.59. The van der Waals surface area contributed by atoms with Gasteiger partial charge in [0, 0.05) is 16.6 Å². The average molecular weight is 322 g/mol. The normalized spacial score (nSPS) is 10.6. The fraction of sp³-hybridized carbons (Fsp3) is 0.167. The van der Waals surface area contributed by atoms with Gasteiger partial charge in [-0.1, -0.05) is 17.2 Å². The smallest absolute Gasteiger partial charge is 0.251 e. The number of fused-ring (bicyclic) bond motifs is 1. The van der Waals surface area contributed by atoms with E-state index in [0.29, 0.717) is 11.3 Å². The number of benzene rings is 2. The molecule has 0 aliphatic rings. The SMILES string of the molecule is Cc1cc(C)cc(C(=O)NCC(=O)Nc2ccc3[nH]ncc3c2)c1. The van der Waals surface area contributed by atoms with E-state index in [1.165, 1.54) is 0 Å². The zero-order valence-corrected chi connectivity index (χ0v) is 13.5. The van der Waals surface area contributed by atoms with Gasteiger partial charge in [0.05, 0.1) is 18.3 Å². The summed E-state index contributed by atoms with van der Waals surface area (Å²) in [5, 5.41) is 13.1. The molecule has 0 unspecified atom stereocenters. The lowest BCUT2D eigenvalue weighted by Gasteiger charge is -2.08. The monoisotopic (exact) mass is 322 g/mol. The summed E-state index contributed by atoms with van der Waals surface area (Å²) >= 11 is 0. The lowest BCUT2D eigenvalue weighted by Crippen LogP contribution is -2.32. The van der Waals surface area contributed by atoms with Crippen molar-refractivity contribution in [1.29, 1.82) is 0 Å². The highest BCUT2D eigenvalue weighted by Crippen LogP contribution is 2.16. The summed E-state index contributed by atoms with van der Waals surface area (Å²) in [6.45, 7) is 3.78. The number of carbonyl (C=O) groups excluding carboxylic acids is 2. The molecule has 0 spiro atoms. The molecule has 0 saturated carbocycles. The molecule has 24 heavy (non-hydrogen) atoms. The summed E-state index contributed by atoms with van der Waals surface area (Å²) in [5.74, 6) is -0.544. The maximum absolute atomic E-state index is 12.1. The van der Waals surface area contributed by atoms with E-state index in [0.717, 1.165) is 22.0 Å². The number of H-pyrrole nitrogens is 1. The number of hydrogen-bond donors (Lipinski definition) is 3. The lowest BCUT2D eigenvalue weighted by molar-refractivity contribution is -0.115. The Kier molecular flexibility index (Phi) is 4.29. The van der Waals surface area contributed by atoms with Crippen LogP contribution in [0.4, 0.5) is 5.69 Å². The molecule has 3 N–H and O–H groups in total. The van der Waals surface area contributed by atoms with Crippen molar-refractivity contribution >= 4 is 28.4 Å². The second-order valence-corrected chi connectivity index (χ2v) is 5.78.